The van der Waals surface area contributed by atoms with Gasteiger partial charge in [0.05, 0.1) is 12.6 Å². The topological polar surface area (TPSA) is 81.0 Å². The van der Waals surface area contributed by atoms with Crippen LogP contribution in [0.3, 0.4) is 0 Å². The van der Waals surface area contributed by atoms with Crippen molar-refractivity contribution < 1.29 is 20.1 Å². The van der Waals surface area contributed by atoms with Crippen LogP contribution in [-0.2, 0) is 6.42 Å². The number of rotatable bonds is 6. The highest BCUT2D eigenvalue weighted by Crippen LogP contribution is 2.19. The summed E-state index contributed by atoms with van der Waals surface area (Å²) in [5, 5.41) is 29.2. The molecule has 0 radical (unpaired) electrons. The molecule has 0 aromatic heterocycles. The lowest BCUT2D eigenvalue weighted by Crippen LogP contribution is -2.35. The van der Waals surface area contributed by atoms with Gasteiger partial charge in [0.15, 0.2) is 0 Å². The van der Waals surface area contributed by atoms with Gasteiger partial charge in [-0.2, -0.15) is 0 Å². The highest BCUT2D eigenvalue weighted by molar-refractivity contribution is 6.30. The third-order valence-corrected chi connectivity index (χ3v) is 3.74. The summed E-state index contributed by atoms with van der Waals surface area (Å²) in [6.07, 6.45) is -1.54. The van der Waals surface area contributed by atoms with Crippen LogP contribution in [0.25, 0.3) is 0 Å². The zero-order chi connectivity index (χ0) is 16.8. The molecule has 0 aliphatic heterocycles. The Morgan fingerprint density at radius 3 is 2.48 bits per heavy atom. The molecule has 5 nitrogen and oxygen atoms in total. The van der Waals surface area contributed by atoms with Crippen LogP contribution in [-0.4, -0.2) is 39.4 Å². The number of carbonyl (C=O) groups is 1. The van der Waals surface area contributed by atoms with Crippen molar-refractivity contribution in [1.29, 1.82) is 0 Å². The number of aliphatic hydroxyl groups excluding tert-OH is 1. The maximum atomic E-state index is 11.4. The SMILES string of the molecule is O=C(O)N(CCc1ccc(O)cc1)C[C@H](O)c1cccc(Cl)c1. The minimum atomic E-state index is -1.09. The number of phenols is 1. The zero-order valence-corrected chi connectivity index (χ0v) is 13.1. The van der Waals surface area contributed by atoms with Crippen molar-refractivity contribution in [3.8, 4) is 5.75 Å². The van der Waals surface area contributed by atoms with Crippen LogP contribution in [0.4, 0.5) is 4.79 Å². The number of aromatic hydroxyl groups is 1. The molecule has 23 heavy (non-hydrogen) atoms. The highest BCUT2D eigenvalue weighted by Gasteiger charge is 2.18. The second kappa shape index (κ2) is 7.85. The Bertz CT molecular complexity index is 660. The van der Waals surface area contributed by atoms with E-state index in [-0.39, 0.29) is 18.8 Å². The quantitative estimate of drug-likeness (QED) is 0.756. The lowest BCUT2D eigenvalue weighted by molar-refractivity contribution is 0.0973. The van der Waals surface area contributed by atoms with Crippen LogP contribution < -0.4 is 0 Å². The molecule has 0 spiro atoms. The smallest absolute Gasteiger partial charge is 0.407 e. The molecule has 2 rings (SSSR count). The molecule has 2 aromatic carbocycles. The molecule has 0 aliphatic rings. The largest absolute Gasteiger partial charge is 0.508 e. The lowest BCUT2D eigenvalue weighted by Gasteiger charge is -2.22. The van der Waals surface area contributed by atoms with Gasteiger partial charge in [0.2, 0.25) is 0 Å². The Labute approximate surface area is 139 Å². The first-order chi connectivity index (χ1) is 11.0. The minimum Gasteiger partial charge on any atom is -0.508 e. The van der Waals surface area contributed by atoms with E-state index in [1.807, 2.05) is 0 Å². The van der Waals surface area contributed by atoms with Crippen molar-refractivity contribution in [1.82, 2.24) is 4.90 Å². The van der Waals surface area contributed by atoms with E-state index in [1.165, 1.54) is 4.90 Å². The summed E-state index contributed by atoms with van der Waals surface area (Å²) >= 11 is 5.88. The lowest BCUT2D eigenvalue weighted by atomic mass is 10.1. The third-order valence-electron chi connectivity index (χ3n) is 3.50. The second-order valence-corrected chi connectivity index (χ2v) is 5.65. The van der Waals surface area contributed by atoms with E-state index in [1.54, 1.807) is 48.5 Å². The first-order valence-corrected chi connectivity index (χ1v) is 7.53. The van der Waals surface area contributed by atoms with Crippen LogP contribution in [0.1, 0.15) is 17.2 Å². The Morgan fingerprint density at radius 1 is 1.17 bits per heavy atom. The molecule has 1 atom stereocenters. The Hall–Kier alpha value is -2.24. The fourth-order valence-electron chi connectivity index (χ4n) is 2.22. The van der Waals surface area contributed by atoms with E-state index in [4.69, 9.17) is 11.6 Å². The molecule has 0 unspecified atom stereocenters. The molecule has 0 saturated carbocycles. The number of hydrogen-bond acceptors (Lipinski definition) is 3. The molecule has 3 N–H and O–H groups in total. The molecule has 0 bridgehead atoms. The third kappa shape index (κ3) is 5.16. The van der Waals surface area contributed by atoms with Crippen LogP contribution >= 0.6 is 11.6 Å². The predicted molar refractivity (Wildman–Crippen MR) is 87.8 cm³/mol. The number of amides is 1. The summed E-state index contributed by atoms with van der Waals surface area (Å²) < 4.78 is 0. The van der Waals surface area contributed by atoms with Crippen molar-refractivity contribution in [3.63, 3.8) is 0 Å². The van der Waals surface area contributed by atoms with E-state index in [2.05, 4.69) is 0 Å². The maximum absolute atomic E-state index is 11.4. The number of carboxylic acid groups (broad SMARTS) is 1. The molecule has 122 valence electrons. The van der Waals surface area contributed by atoms with E-state index in [0.29, 0.717) is 17.0 Å². The van der Waals surface area contributed by atoms with Crippen molar-refractivity contribution >= 4 is 17.7 Å². The van der Waals surface area contributed by atoms with Gasteiger partial charge in [-0.05, 0) is 41.8 Å². The molecule has 0 fully saturated rings. The molecular formula is C17H18ClNO4. The van der Waals surface area contributed by atoms with E-state index in [0.717, 1.165) is 5.56 Å². The Balaban J connectivity index is 1.98. The van der Waals surface area contributed by atoms with Crippen LogP contribution in [0.2, 0.25) is 5.02 Å². The van der Waals surface area contributed by atoms with Crippen LogP contribution in [0, 0.1) is 0 Å². The van der Waals surface area contributed by atoms with Crippen molar-refractivity contribution in [3.05, 3.63) is 64.7 Å². The molecule has 1 amide bonds. The molecule has 6 heteroatoms. The molecule has 0 aliphatic carbocycles. The van der Waals surface area contributed by atoms with Gasteiger partial charge in [-0.15, -0.1) is 0 Å². The summed E-state index contributed by atoms with van der Waals surface area (Å²) in [7, 11) is 0. The van der Waals surface area contributed by atoms with Crippen molar-refractivity contribution in [2.75, 3.05) is 13.1 Å². The van der Waals surface area contributed by atoms with Crippen molar-refractivity contribution in [2.24, 2.45) is 0 Å². The Kier molecular flexibility index (Phi) is 5.84. The number of phenolic OH excluding ortho intramolecular Hbond substituents is 1. The summed E-state index contributed by atoms with van der Waals surface area (Å²) in [4.78, 5) is 12.5. The fourth-order valence-corrected chi connectivity index (χ4v) is 2.42. The summed E-state index contributed by atoms with van der Waals surface area (Å²) in [5.74, 6) is 0.167. The van der Waals surface area contributed by atoms with Gasteiger partial charge in [-0.1, -0.05) is 35.9 Å². The van der Waals surface area contributed by atoms with Gasteiger partial charge in [-0.3, -0.25) is 0 Å². The molecule has 2 aromatic rings. The van der Waals surface area contributed by atoms with Crippen LogP contribution in [0.15, 0.2) is 48.5 Å². The predicted octanol–water partition coefficient (Wildman–Crippen LogP) is 3.30. The Morgan fingerprint density at radius 2 is 1.87 bits per heavy atom. The number of aliphatic hydroxyl groups is 1. The molecular weight excluding hydrogens is 318 g/mol. The van der Waals surface area contributed by atoms with Gasteiger partial charge in [0, 0.05) is 11.6 Å². The average Bonchev–Trinajstić information content (AvgIpc) is 2.52. The monoisotopic (exact) mass is 335 g/mol. The van der Waals surface area contributed by atoms with Gasteiger partial charge in [-0.25, -0.2) is 4.79 Å². The average molecular weight is 336 g/mol. The number of nitrogens with zero attached hydrogens (tertiary/aromatic N) is 1. The van der Waals surface area contributed by atoms with Gasteiger partial charge in [0.25, 0.3) is 0 Å². The maximum Gasteiger partial charge on any atom is 0.407 e. The van der Waals surface area contributed by atoms with Gasteiger partial charge < -0.3 is 20.2 Å². The normalized spacial score (nSPS) is 11.9. The van der Waals surface area contributed by atoms with E-state index < -0.39 is 12.2 Å². The highest BCUT2D eigenvalue weighted by atomic mass is 35.5. The standard InChI is InChI=1S/C17H18ClNO4/c18-14-3-1-2-13(10-14)16(21)11-19(17(22)23)9-8-12-4-6-15(20)7-5-12/h1-7,10,16,20-21H,8-9,11H2,(H,22,23)/t16-/m0/s1. The number of halogens is 1. The fraction of sp³-hybridized carbons (Fsp3) is 0.235. The summed E-state index contributed by atoms with van der Waals surface area (Å²) in [6, 6.07) is 13.3. The van der Waals surface area contributed by atoms with E-state index in [9.17, 15) is 20.1 Å². The van der Waals surface area contributed by atoms with Gasteiger partial charge >= 0.3 is 6.09 Å². The van der Waals surface area contributed by atoms with E-state index >= 15 is 0 Å². The first-order valence-electron chi connectivity index (χ1n) is 7.15. The zero-order valence-electron chi connectivity index (χ0n) is 12.4. The van der Waals surface area contributed by atoms with Gasteiger partial charge in [0.1, 0.15) is 5.75 Å². The molecule has 0 heterocycles. The number of benzene rings is 2. The van der Waals surface area contributed by atoms with Crippen LogP contribution in [0.5, 0.6) is 5.75 Å². The first kappa shape index (κ1) is 17.1. The summed E-state index contributed by atoms with van der Waals surface area (Å²) in [6.45, 7) is 0.214. The molecule has 0 saturated heterocycles. The number of hydrogen-bond donors (Lipinski definition) is 3. The minimum absolute atomic E-state index is 0.0340. The van der Waals surface area contributed by atoms with Crippen molar-refractivity contribution in [2.45, 2.75) is 12.5 Å². The second-order valence-electron chi connectivity index (χ2n) is 5.22. The summed E-state index contributed by atoms with van der Waals surface area (Å²) in [5.41, 5.74) is 1.49.